The van der Waals surface area contributed by atoms with Gasteiger partial charge in [-0.2, -0.15) is 0 Å². The summed E-state index contributed by atoms with van der Waals surface area (Å²) in [7, 11) is 4.90. The van der Waals surface area contributed by atoms with Crippen LogP contribution < -0.4 is 15.2 Å². The molecule has 4 rings (SSSR count). The van der Waals surface area contributed by atoms with E-state index in [0.717, 1.165) is 5.56 Å². The van der Waals surface area contributed by atoms with E-state index in [-0.39, 0.29) is 31.0 Å². The molecule has 1 aromatic heterocycles. The molecule has 1 aliphatic rings. The zero-order chi connectivity index (χ0) is 29.9. The van der Waals surface area contributed by atoms with Crippen molar-refractivity contribution in [2.75, 3.05) is 27.3 Å². The highest BCUT2D eigenvalue weighted by atomic mass is 16.6. The number of nitrogens with zero attached hydrogens (tertiary/aromatic N) is 4. The van der Waals surface area contributed by atoms with Crippen molar-refractivity contribution in [2.45, 2.75) is 58.2 Å². The molecule has 11 heteroatoms. The van der Waals surface area contributed by atoms with Crippen molar-refractivity contribution in [3.05, 3.63) is 58.5 Å². The molecule has 0 N–H and O–H groups in total. The Morgan fingerprint density at radius 2 is 1.71 bits per heavy atom. The van der Waals surface area contributed by atoms with Gasteiger partial charge in [-0.1, -0.05) is 12.1 Å². The Bertz CT molecular complexity index is 1480. The number of piperidine rings is 1. The number of methoxy groups -OCH3 is 1. The Kier molecular flexibility index (Phi) is 8.74. The van der Waals surface area contributed by atoms with Gasteiger partial charge in [-0.25, -0.2) is 9.59 Å². The Morgan fingerprint density at radius 1 is 1.02 bits per heavy atom. The summed E-state index contributed by atoms with van der Waals surface area (Å²) in [6, 6.07) is 11.7. The van der Waals surface area contributed by atoms with E-state index in [2.05, 4.69) is 0 Å². The van der Waals surface area contributed by atoms with Crippen LogP contribution in [0.1, 0.15) is 51.6 Å². The van der Waals surface area contributed by atoms with E-state index in [1.807, 2.05) is 32.9 Å². The summed E-state index contributed by atoms with van der Waals surface area (Å²) in [5, 5.41) is 0. The number of likely N-dealkylation sites (tertiary alicyclic amines) is 1. The molecule has 0 radical (unpaired) electrons. The zero-order valence-corrected chi connectivity index (χ0v) is 24.5. The molecule has 3 amide bonds. The number of aromatic nitrogens is 2. The molecule has 1 atom stereocenters. The number of rotatable bonds is 9. The summed E-state index contributed by atoms with van der Waals surface area (Å²) in [5.74, 6) is 0.586. The third-order valence-corrected chi connectivity index (χ3v) is 6.97. The van der Waals surface area contributed by atoms with Gasteiger partial charge in [0, 0.05) is 33.1 Å². The van der Waals surface area contributed by atoms with Crippen molar-refractivity contribution in [2.24, 2.45) is 7.05 Å². The molecule has 1 saturated heterocycles. The van der Waals surface area contributed by atoms with Crippen LogP contribution in [0.25, 0.3) is 11.0 Å². The number of aryl methyl sites for hydroxylation is 1. The number of fused-ring (bicyclic) bond motifs is 1. The lowest BCUT2D eigenvalue weighted by Gasteiger charge is -2.31. The second kappa shape index (κ2) is 12.1. The highest BCUT2D eigenvalue weighted by molar-refractivity contribution is 6.00. The lowest BCUT2D eigenvalue weighted by Crippen LogP contribution is -2.47. The van der Waals surface area contributed by atoms with E-state index in [0.29, 0.717) is 42.1 Å². The van der Waals surface area contributed by atoms with Gasteiger partial charge in [0.1, 0.15) is 23.1 Å². The third kappa shape index (κ3) is 6.72. The topological polar surface area (TPSA) is 112 Å². The fourth-order valence-corrected chi connectivity index (χ4v) is 4.80. The average molecular weight is 567 g/mol. The van der Waals surface area contributed by atoms with Gasteiger partial charge < -0.3 is 19.1 Å². The van der Waals surface area contributed by atoms with E-state index in [9.17, 15) is 19.2 Å². The molecule has 1 fully saturated rings. The van der Waals surface area contributed by atoms with Gasteiger partial charge in [0.05, 0.1) is 31.3 Å². The van der Waals surface area contributed by atoms with Crippen molar-refractivity contribution in [3.8, 4) is 11.5 Å². The SMILES string of the molecule is COc1ccc(CN2C(=O)CCC(n3c(=O)n(C)c4cc(OCCCN(C)C(=O)OC(C)(C)C)ccc43)C2=O)cc1. The van der Waals surface area contributed by atoms with E-state index in [1.54, 1.807) is 51.5 Å². The highest BCUT2D eigenvalue weighted by Crippen LogP contribution is 2.29. The summed E-state index contributed by atoms with van der Waals surface area (Å²) < 4.78 is 19.4. The van der Waals surface area contributed by atoms with E-state index < -0.39 is 23.6 Å². The van der Waals surface area contributed by atoms with Gasteiger partial charge in [-0.15, -0.1) is 0 Å². The second-order valence-electron chi connectivity index (χ2n) is 11.2. The molecule has 0 spiro atoms. The molecule has 0 bridgehead atoms. The van der Waals surface area contributed by atoms with Crippen molar-refractivity contribution in [1.82, 2.24) is 18.9 Å². The third-order valence-electron chi connectivity index (χ3n) is 6.97. The van der Waals surface area contributed by atoms with E-state index >= 15 is 0 Å². The maximum atomic E-state index is 13.5. The van der Waals surface area contributed by atoms with Crippen LogP contribution in [-0.4, -0.2) is 69.8 Å². The highest BCUT2D eigenvalue weighted by Gasteiger charge is 2.37. The molecule has 1 unspecified atom stereocenters. The Hall–Kier alpha value is -4.28. The summed E-state index contributed by atoms with van der Waals surface area (Å²) >= 11 is 0. The Balaban J connectivity index is 1.46. The van der Waals surface area contributed by atoms with Gasteiger partial charge in [-0.05, 0) is 63.4 Å². The predicted molar refractivity (Wildman–Crippen MR) is 153 cm³/mol. The summed E-state index contributed by atoms with van der Waals surface area (Å²) in [6.45, 7) is 6.40. The first kappa shape index (κ1) is 29.7. The monoisotopic (exact) mass is 566 g/mol. The first-order chi connectivity index (χ1) is 19.4. The van der Waals surface area contributed by atoms with Crippen LogP contribution in [0.4, 0.5) is 4.79 Å². The van der Waals surface area contributed by atoms with Gasteiger partial charge >= 0.3 is 11.8 Å². The molecule has 220 valence electrons. The van der Waals surface area contributed by atoms with Crippen LogP contribution >= 0.6 is 0 Å². The number of hydrogen-bond donors (Lipinski definition) is 0. The Labute approximate surface area is 239 Å². The van der Waals surface area contributed by atoms with Gasteiger partial charge in [-0.3, -0.25) is 23.6 Å². The van der Waals surface area contributed by atoms with Crippen molar-refractivity contribution < 1.29 is 28.6 Å². The number of imide groups is 1. The summed E-state index contributed by atoms with van der Waals surface area (Å²) in [5.41, 5.74) is 1.10. The van der Waals surface area contributed by atoms with Crippen LogP contribution in [0, 0.1) is 0 Å². The maximum Gasteiger partial charge on any atom is 0.410 e. The summed E-state index contributed by atoms with van der Waals surface area (Å²) in [6.07, 6.45) is 0.604. The standard InChI is InChI=1S/C30H38N4O7/c1-30(2,3)41-29(38)31(4)16-7-17-40-22-12-13-23-25(18-22)32(5)28(37)34(23)24-14-15-26(35)33(27(24)36)19-20-8-10-21(39-6)11-9-20/h8-13,18,24H,7,14-17,19H2,1-6H3. The minimum absolute atomic E-state index is 0.124. The van der Waals surface area contributed by atoms with Gasteiger partial charge in [0.2, 0.25) is 5.91 Å². The second-order valence-corrected chi connectivity index (χ2v) is 11.2. The molecule has 2 heterocycles. The van der Waals surface area contributed by atoms with Gasteiger partial charge in [0.25, 0.3) is 5.91 Å². The zero-order valence-electron chi connectivity index (χ0n) is 24.5. The molecule has 0 aliphatic carbocycles. The molecule has 11 nitrogen and oxygen atoms in total. The largest absolute Gasteiger partial charge is 0.497 e. The Morgan fingerprint density at radius 3 is 2.37 bits per heavy atom. The van der Waals surface area contributed by atoms with Crippen molar-refractivity contribution in [1.29, 1.82) is 0 Å². The molecule has 41 heavy (non-hydrogen) atoms. The molecule has 3 aromatic rings. The average Bonchev–Trinajstić information content (AvgIpc) is 3.17. The van der Waals surface area contributed by atoms with Crippen LogP contribution in [0.3, 0.4) is 0 Å². The number of amides is 3. The van der Waals surface area contributed by atoms with Crippen LogP contribution in [0.15, 0.2) is 47.3 Å². The molecule has 2 aromatic carbocycles. The van der Waals surface area contributed by atoms with E-state index in [4.69, 9.17) is 14.2 Å². The first-order valence-corrected chi connectivity index (χ1v) is 13.6. The first-order valence-electron chi connectivity index (χ1n) is 13.6. The fourth-order valence-electron chi connectivity index (χ4n) is 4.80. The lowest BCUT2D eigenvalue weighted by molar-refractivity contribution is -0.151. The normalized spacial score (nSPS) is 15.8. The smallest absolute Gasteiger partial charge is 0.410 e. The quantitative estimate of drug-likeness (QED) is 0.285. The maximum absolute atomic E-state index is 13.5. The molecular weight excluding hydrogens is 528 g/mol. The van der Waals surface area contributed by atoms with Gasteiger partial charge in [0.15, 0.2) is 0 Å². The minimum atomic E-state index is -0.794. The minimum Gasteiger partial charge on any atom is -0.497 e. The molecular formula is C30H38N4O7. The number of benzene rings is 2. The number of hydrogen-bond acceptors (Lipinski definition) is 7. The van der Waals surface area contributed by atoms with Crippen LogP contribution in [0.2, 0.25) is 0 Å². The number of carbonyl (C=O) groups excluding carboxylic acids is 3. The van der Waals surface area contributed by atoms with Crippen molar-refractivity contribution >= 4 is 28.9 Å². The predicted octanol–water partition coefficient (Wildman–Crippen LogP) is 3.87. The number of imidazole rings is 1. The molecule has 1 aliphatic heterocycles. The number of ether oxygens (including phenoxy) is 3. The fraction of sp³-hybridized carbons (Fsp3) is 0.467. The van der Waals surface area contributed by atoms with Crippen LogP contribution in [-0.2, 0) is 27.9 Å². The summed E-state index contributed by atoms with van der Waals surface area (Å²) in [4.78, 5) is 54.4. The van der Waals surface area contributed by atoms with E-state index in [1.165, 1.54) is 18.9 Å². The molecule has 0 saturated carbocycles. The lowest BCUT2D eigenvalue weighted by atomic mass is 10.0. The number of carbonyl (C=O) groups is 3. The van der Waals surface area contributed by atoms with Crippen molar-refractivity contribution in [3.63, 3.8) is 0 Å². The van der Waals surface area contributed by atoms with Crippen LogP contribution in [0.5, 0.6) is 11.5 Å².